The molecule has 0 fully saturated rings. The van der Waals surface area contributed by atoms with Gasteiger partial charge in [-0.3, -0.25) is 4.79 Å². The molecule has 7 heteroatoms. The highest BCUT2D eigenvalue weighted by atomic mass is 32.1. The van der Waals surface area contributed by atoms with Crippen molar-refractivity contribution in [3.05, 3.63) is 51.2 Å². The number of esters is 1. The SMILES string of the molecule is Cc1cc(C(=O)O[C@@H](C)C(=O)Nc2ccc(F)cc2F)c(C)s1. The molecule has 4 nitrogen and oxygen atoms in total. The molecule has 1 atom stereocenters. The largest absolute Gasteiger partial charge is 0.449 e. The molecule has 0 aliphatic heterocycles. The Labute approximate surface area is 136 Å². The standard InChI is InChI=1S/C16H15F2NO3S/c1-8-6-12(10(3)23-8)16(21)22-9(2)15(20)19-14-5-4-11(17)7-13(14)18/h4-7,9H,1-3H3,(H,19,20)/t9-/m0/s1. The van der Waals surface area contributed by atoms with E-state index in [4.69, 9.17) is 4.74 Å². The molecule has 1 amide bonds. The summed E-state index contributed by atoms with van der Waals surface area (Å²) in [4.78, 5) is 25.8. The number of rotatable bonds is 4. The van der Waals surface area contributed by atoms with Gasteiger partial charge < -0.3 is 10.1 Å². The van der Waals surface area contributed by atoms with Gasteiger partial charge in [0, 0.05) is 15.8 Å². The molecule has 1 aromatic heterocycles. The van der Waals surface area contributed by atoms with Crippen LogP contribution in [0.3, 0.4) is 0 Å². The van der Waals surface area contributed by atoms with Crippen LogP contribution in [0.5, 0.6) is 0 Å². The lowest BCUT2D eigenvalue weighted by molar-refractivity contribution is -0.123. The normalized spacial score (nSPS) is 11.9. The Kier molecular flexibility index (Phi) is 5.10. The number of nitrogens with one attached hydrogen (secondary N) is 1. The minimum Gasteiger partial charge on any atom is -0.449 e. The molecule has 0 aliphatic carbocycles. The van der Waals surface area contributed by atoms with Crippen molar-refractivity contribution in [3.8, 4) is 0 Å². The first-order valence-electron chi connectivity index (χ1n) is 6.82. The zero-order valence-electron chi connectivity index (χ0n) is 12.8. The summed E-state index contributed by atoms with van der Waals surface area (Å²) >= 11 is 1.45. The molecule has 0 saturated heterocycles. The van der Waals surface area contributed by atoms with Gasteiger partial charge >= 0.3 is 5.97 Å². The van der Waals surface area contributed by atoms with Gasteiger partial charge in [0.25, 0.3) is 5.91 Å². The monoisotopic (exact) mass is 339 g/mol. The van der Waals surface area contributed by atoms with Gasteiger partial charge in [-0.1, -0.05) is 0 Å². The third-order valence-corrected chi connectivity index (χ3v) is 4.07. The Morgan fingerprint density at radius 2 is 1.91 bits per heavy atom. The molecule has 122 valence electrons. The quantitative estimate of drug-likeness (QED) is 0.862. The van der Waals surface area contributed by atoms with E-state index >= 15 is 0 Å². The summed E-state index contributed by atoms with van der Waals surface area (Å²) in [6.45, 7) is 5.03. The lowest BCUT2D eigenvalue weighted by atomic mass is 10.2. The van der Waals surface area contributed by atoms with Crippen LogP contribution in [0.1, 0.15) is 27.0 Å². The maximum Gasteiger partial charge on any atom is 0.340 e. The molecular formula is C16H15F2NO3S. The van der Waals surface area contributed by atoms with Gasteiger partial charge in [-0.15, -0.1) is 11.3 Å². The molecule has 2 rings (SSSR count). The summed E-state index contributed by atoms with van der Waals surface area (Å²) < 4.78 is 31.4. The fourth-order valence-corrected chi connectivity index (χ4v) is 2.85. The summed E-state index contributed by atoms with van der Waals surface area (Å²) in [6, 6.07) is 4.47. The predicted octanol–water partition coefficient (Wildman–Crippen LogP) is 3.83. The molecule has 0 aliphatic rings. The first-order chi connectivity index (χ1) is 10.8. The van der Waals surface area contributed by atoms with E-state index in [1.807, 2.05) is 6.92 Å². The smallest absolute Gasteiger partial charge is 0.340 e. The maximum atomic E-state index is 13.5. The second kappa shape index (κ2) is 6.87. The Balaban J connectivity index is 2.02. The fraction of sp³-hybridized carbons (Fsp3) is 0.250. The second-order valence-electron chi connectivity index (χ2n) is 4.99. The van der Waals surface area contributed by atoms with Crippen molar-refractivity contribution in [3.63, 3.8) is 0 Å². The van der Waals surface area contributed by atoms with Gasteiger partial charge in [-0.2, -0.15) is 0 Å². The molecule has 2 aromatic rings. The van der Waals surface area contributed by atoms with Crippen molar-refractivity contribution in [2.24, 2.45) is 0 Å². The van der Waals surface area contributed by atoms with Crippen LogP contribution >= 0.6 is 11.3 Å². The first-order valence-corrected chi connectivity index (χ1v) is 7.63. The van der Waals surface area contributed by atoms with E-state index in [-0.39, 0.29) is 5.69 Å². The third-order valence-electron chi connectivity index (χ3n) is 3.10. The van der Waals surface area contributed by atoms with Gasteiger partial charge in [0.2, 0.25) is 0 Å². The van der Waals surface area contributed by atoms with Crippen molar-refractivity contribution in [2.45, 2.75) is 26.9 Å². The molecule has 0 saturated carbocycles. The number of carbonyl (C=O) groups is 2. The number of halogens is 2. The molecule has 1 heterocycles. The Morgan fingerprint density at radius 3 is 2.48 bits per heavy atom. The van der Waals surface area contributed by atoms with Crippen LogP contribution in [0, 0.1) is 25.5 Å². The summed E-state index contributed by atoms with van der Waals surface area (Å²) in [6.07, 6.45) is -1.12. The zero-order valence-corrected chi connectivity index (χ0v) is 13.6. The Morgan fingerprint density at radius 1 is 1.22 bits per heavy atom. The molecule has 0 spiro atoms. The van der Waals surface area contributed by atoms with Gasteiger partial charge in [-0.05, 0) is 39.0 Å². The van der Waals surface area contributed by atoms with Gasteiger partial charge in [-0.25, -0.2) is 13.6 Å². The number of thiophene rings is 1. The average molecular weight is 339 g/mol. The molecule has 1 aromatic carbocycles. The van der Waals surface area contributed by atoms with Crippen LogP contribution in [0.2, 0.25) is 0 Å². The van der Waals surface area contributed by atoms with E-state index < -0.39 is 29.6 Å². The summed E-state index contributed by atoms with van der Waals surface area (Å²) in [5.41, 5.74) is 0.224. The first kappa shape index (κ1) is 17.1. The molecule has 1 N–H and O–H groups in total. The van der Waals surface area contributed by atoms with E-state index in [0.717, 1.165) is 21.9 Å². The minimum absolute atomic E-state index is 0.179. The van der Waals surface area contributed by atoms with Crippen molar-refractivity contribution in [2.75, 3.05) is 5.32 Å². The van der Waals surface area contributed by atoms with Crippen LogP contribution in [0.4, 0.5) is 14.5 Å². The molecule has 0 unspecified atom stereocenters. The summed E-state index contributed by atoms with van der Waals surface area (Å²) in [7, 11) is 0. The van der Waals surface area contributed by atoms with E-state index in [2.05, 4.69) is 5.32 Å². The number of aryl methyl sites for hydroxylation is 2. The topological polar surface area (TPSA) is 55.4 Å². The van der Waals surface area contributed by atoms with Crippen LogP contribution in [-0.2, 0) is 9.53 Å². The van der Waals surface area contributed by atoms with E-state index in [0.29, 0.717) is 11.6 Å². The number of carbonyl (C=O) groups excluding carboxylic acids is 2. The number of amides is 1. The highest BCUT2D eigenvalue weighted by molar-refractivity contribution is 7.12. The maximum absolute atomic E-state index is 13.5. The third kappa shape index (κ3) is 4.13. The van der Waals surface area contributed by atoms with Crippen molar-refractivity contribution in [1.29, 1.82) is 0 Å². The average Bonchev–Trinajstić information content (AvgIpc) is 2.80. The fourth-order valence-electron chi connectivity index (χ4n) is 1.94. The van der Waals surface area contributed by atoms with Gasteiger partial charge in [0.05, 0.1) is 11.3 Å². The Bertz CT molecular complexity index is 758. The van der Waals surface area contributed by atoms with E-state index in [9.17, 15) is 18.4 Å². The molecule has 23 heavy (non-hydrogen) atoms. The number of hydrogen-bond acceptors (Lipinski definition) is 4. The lowest BCUT2D eigenvalue weighted by Gasteiger charge is -2.13. The van der Waals surface area contributed by atoms with Crippen LogP contribution < -0.4 is 5.32 Å². The number of anilines is 1. The minimum atomic E-state index is -1.12. The van der Waals surface area contributed by atoms with Crippen LogP contribution in [-0.4, -0.2) is 18.0 Å². The highest BCUT2D eigenvalue weighted by Gasteiger charge is 2.22. The van der Waals surface area contributed by atoms with Gasteiger partial charge in [0.15, 0.2) is 6.10 Å². The second-order valence-corrected chi connectivity index (χ2v) is 6.45. The Hall–Kier alpha value is -2.28. The summed E-state index contributed by atoms with van der Waals surface area (Å²) in [5, 5.41) is 2.26. The van der Waals surface area contributed by atoms with Crippen molar-refractivity contribution >= 4 is 28.9 Å². The molecular weight excluding hydrogens is 324 g/mol. The number of hydrogen-bond donors (Lipinski definition) is 1. The van der Waals surface area contributed by atoms with Crippen LogP contribution in [0.15, 0.2) is 24.3 Å². The van der Waals surface area contributed by atoms with Crippen LogP contribution in [0.25, 0.3) is 0 Å². The molecule has 0 radical (unpaired) electrons. The predicted molar refractivity (Wildman–Crippen MR) is 83.7 cm³/mol. The number of benzene rings is 1. The molecule has 0 bridgehead atoms. The van der Waals surface area contributed by atoms with Crippen molar-refractivity contribution in [1.82, 2.24) is 0 Å². The van der Waals surface area contributed by atoms with E-state index in [1.165, 1.54) is 18.3 Å². The van der Waals surface area contributed by atoms with Gasteiger partial charge in [0.1, 0.15) is 11.6 Å². The van der Waals surface area contributed by atoms with Crippen molar-refractivity contribution < 1.29 is 23.1 Å². The van der Waals surface area contributed by atoms with E-state index in [1.54, 1.807) is 13.0 Å². The number of ether oxygens (including phenoxy) is 1. The zero-order chi connectivity index (χ0) is 17.1. The highest BCUT2D eigenvalue weighted by Crippen LogP contribution is 2.22. The summed E-state index contributed by atoms with van der Waals surface area (Å²) in [5.74, 6) is -2.97. The lowest BCUT2D eigenvalue weighted by Crippen LogP contribution is -2.30.